The molecule has 0 unspecified atom stereocenters. The normalized spacial score (nSPS) is 49.0. The van der Waals surface area contributed by atoms with Gasteiger partial charge in [-0.15, -0.1) is 0 Å². The van der Waals surface area contributed by atoms with Crippen molar-refractivity contribution in [3.8, 4) is 0 Å². The number of rotatable bonds is 1. The minimum absolute atomic E-state index is 0.00535. The minimum Gasteiger partial charge on any atom is -0.453 e. The third-order valence-electron chi connectivity index (χ3n) is 4.53. The number of hydrogen-bond acceptors (Lipinski definition) is 3. The van der Waals surface area contributed by atoms with Gasteiger partial charge in [-0.2, -0.15) is 0 Å². The molecule has 1 saturated heterocycles. The monoisotopic (exact) mass is 220 g/mol. The molecule has 4 bridgehead atoms. The second kappa shape index (κ2) is 2.76. The summed E-state index contributed by atoms with van der Waals surface area (Å²) in [4.78, 5) is 24.1. The Labute approximate surface area is 94.8 Å². The number of ether oxygens (including phenoxy) is 1. The molecule has 0 aromatic carbocycles. The Morgan fingerprint density at radius 3 is 2.69 bits per heavy atom. The largest absolute Gasteiger partial charge is 0.453 e. The van der Waals surface area contributed by atoms with Crippen LogP contribution in [0.3, 0.4) is 0 Å². The first kappa shape index (κ1) is 10.1. The quantitative estimate of drug-likeness (QED) is 0.497. The van der Waals surface area contributed by atoms with E-state index in [4.69, 9.17) is 4.74 Å². The zero-order valence-electron chi connectivity index (χ0n) is 9.77. The highest BCUT2D eigenvalue weighted by Gasteiger charge is 2.66. The summed E-state index contributed by atoms with van der Waals surface area (Å²) in [5.74, 6) is 0.238. The molecule has 0 amide bonds. The number of Topliss-reactive ketones (excluding diaryl/α,β-unsaturated/α-hetero) is 1. The van der Waals surface area contributed by atoms with Crippen molar-refractivity contribution in [2.24, 2.45) is 29.1 Å². The molecule has 3 nitrogen and oxygen atoms in total. The van der Waals surface area contributed by atoms with Gasteiger partial charge in [0.05, 0.1) is 11.3 Å². The van der Waals surface area contributed by atoms with Crippen LogP contribution in [0.1, 0.15) is 20.8 Å². The standard InChI is InChI=1S/C13H16O3/c1-6(2)9-8-7-4-5-13(9,3)11(14)10(7)16-12(8)15/h4-10H,1-3H3/t7-,8-,9+,10+,13+/m1/s1. The molecular formula is C13H16O3. The molecule has 4 rings (SSSR count). The summed E-state index contributed by atoms with van der Waals surface area (Å²) < 4.78 is 5.24. The van der Waals surface area contributed by atoms with Gasteiger partial charge in [0.2, 0.25) is 0 Å². The molecule has 0 spiro atoms. The van der Waals surface area contributed by atoms with Gasteiger partial charge in [0, 0.05) is 5.92 Å². The van der Waals surface area contributed by atoms with Gasteiger partial charge < -0.3 is 4.74 Å². The maximum absolute atomic E-state index is 12.3. The van der Waals surface area contributed by atoms with Crippen molar-refractivity contribution in [3.05, 3.63) is 12.2 Å². The summed E-state index contributed by atoms with van der Waals surface area (Å²) in [6.45, 7) is 6.12. The van der Waals surface area contributed by atoms with E-state index in [0.29, 0.717) is 5.92 Å². The van der Waals surface area contributed by atoms with Crippen LogP contribution >= 0.6 is 0 Å². The smallest absolute Gasteiger partial charge is 0.310 e. The molecule has 0 radical (unpaired) electrons. The first-order chi connectivity index (χ1) is 7.47. The van der Waals surface area contributed by atoms with Crippen LogP contribution in [0.2, 0.25) is 0 Å². The number of hydrogen-bond donors (Lipinski definition) is 0. The van der Waals surface area contributed by atoms with Gasteiger partial charge in [-0.1, -0.05) is 26.0 Å². The van der Waals surface area contributed by atoms with Gasteiger partial charge in [0.15, 0.2) is 11.9 Å². The van der Waals surface area contributed by atoms with E-state index in [0.717, 1.165) is 0 Å². The molecule has 5 atom stereocenters. The van der Waals surface area contributed by atoms with Crippen LogP contribution in [0.15, 0.2) is 12.2 Å². The summed E-state index contributed by atoms with van der Waals surface area (Å²) in [5.41, 5.74) is -0.496. The summed E-state index contributed by atoms with van der Waals surface area (Å²) in [6, 6.07) is 0. The van der Waals surface area contributed by atoms with E-state index >= 15 is 0 Å². The van der Waals surface area contributed by atoms with E-state index in [2.05, 4.69) is 13.8 Å². The van der Waals surface area contributed by atoms with Crippen molar-refractivity contribution in [1.29, 1.82) is 0 Å². The first-order valence-corrected chi connectivity index (χ1v) is 5.91. The number of allylic oxidation sites excluding steroid dienone is 1. The maximum atomic E-state index is 12.3. The summed E-state index contributed by atoms with van der Waals surface area (Å²) >= 11 is 0. The second-order valence-corrected chi connectivity index (χ2v) is 5.74. The molecule has 16 heavy (non-hydrogen) atoms. The lowest BCUT2D eigenvalue weighted by Crippen LogP contribution is -2.55. The fourth-order valence-electron chi connectivity index (χ4n) is 3.92. The molecule has 1 aliphatic heterocycles. The number of ketones is 1. The van der Waals surface area contributed by atoms with Crippen molar-refractivity contribution in [1.82, 2.24) is 0 Å². The van der Waals surface area contributed by atoms with Crippen molar-refractivity contribution < 1.29 is 14.3 Å². The summed E-state index contributed by atoms with van der Waals surface area (Å²) in [6.07, 6.45) is 3.52. The Hall–Kier alpha value is -1.12. The molecule has 3 heteroatoms. The molecule has 1 heterocycles. The predicted molar refractivity (Wildman–Crippen MR) is 57.4 cm³/mol. The van der Waals surface area contributed by atoms with Crippen molar-refractivity contribution in [3.63, 3.8) is 0 Å². The topological polar surface area (TPSA) is 43.4 Å². The van der Waals surface area contributed by atoms with Crippen LogP contribution in [0, 0.1) is 29.1 Å². The lowest BCUT2D eigenvalue weighted by Gasteiger charge is -2.48. The molecule has 0 aromatic heterocycles. The van der Waals surface area contributed by atoms with E-state index in [9.17, 15) is 9.59 Å². The molecule has 0 N–H and O–H groups in total. The van der Waals surface area contributed by atoms with Crippen molar-refractivity contribution >= 4 is 11.8 Å². The van der Waals surface area contributed by atoms with Crippen LogP contribution in [-0.2, 0) is 14.3 Å². The Kier molecular flexibility index (Phi) is 1.74. The van der Waals surface area contributed by atoms with Crippen LogP contribution in [0.5, 0.6) is 0 Å². The van der Waals surface area contributed by atoms with E-state index in [-0.39, 0.29) is 29.5 Å². The fourth-order valence-corrected chi connectivity index (χ4v) is 3.92. The van der Waals surface area contributed by atoms with Crippen LogP contribution < -0.4 is 0 Å². The SMILES string of the molecule is CC(C)[C@H]1[C@@H]2C(=O)O[C@@H]3C(=O)[C@@]1(C)C=C[C@H]23. The van der Waals surface area contributed by atoms with Gasteiger partial charge in [-0.25, -0.2) is 0 Å². The van der Waals surface area contributed by atoms with Gasteiger partial charge in [0.25, 0.3) is 0 Å². The number of carbonyl (C=O) groups excluding carboxylic acids is 2. The molecule has 1 saturated carbocycles. The van der Waals surface area contributed by atoms with Crippen LogP contribution in [-0.4, -0.2) is 17.9 Å². The Bertz CT molecular complexity index is 409. The van der Waals surface area contributed by atoms with Crippen LogP contribution in [0.25, 0.3) is 0 Å². The Morgan fingerprint density at radius 1 is 1.38 bits per heavy atom. The minimum atomic E-state index is -0.498. The van der Waals surface area contributed by atoms with E-state index in [1.807, 2.05) is 19.1 Å². The number of esters is 1. The van der Waals surface area contributed by atoms with E-state index in [1.165, 1.54) is 0 Å². The summed E-state index contributed by atoms with van der Waals surface area (Å²) in [5, 5.41) is 0. The lowest BCUT2D eigenvalue weighted by molar-refractivity contribution is -0.149. The highest BCUT2D eigenvalue weighted by Crippen LogP contribution is 2.57. The van der Waals surface area contributed by atoms with E-state index < -0.39 is 11.5 Å². The average molecular weight is 220 g/mol. The summed E-state index contributed by atoms with van der Waals surface area (Å²) in [7, 11) is 0. The van der Waals surface area contributed by atoms with Gasteiger partial charge >= 0.3 is 5.97 Å². The third kappa shape index (κ3) is 0.902. The lowest BCUT2D eigenvalue weighted by atomic mass is 9.52. The average Bonchev–Trinajstić information content (AvgIpc) is 2.50. The van der Waals surface area contributed by atoms with Crippen molar-refractivity contribution in [2.45, 2.75) is 26.9 Å². The molecule has 2 fully saturated rings. The fraction of sp³-hybridized carbons (Fsp3) is 0.692. The zero-order chi connectivity index (χ0) is 11.7. The van der Waals surface area contributed by atoms with Crippen molar-refractivity contribution in [2.75, 3.05) is 0 Å². The second-order valence-electron chi connectivity index (χ2n) is 5.74. The highest BCUT2D eigenvalue weighted by molar-refractivity contribution is 5.99. The Morgan fingerprint density at radius 2 is 2.06 bits per heavy atom. The van der Waals surface area contributed by atoms with Gasteiger partial charge in [-0.05, 0) is 18.8 Å². The molecule has 86 valence electrons. The molecular weight excluding hydrogens is 204 g/mol. The highest BCUT2D eigenvalue weighted by atomic mass is 16.6. The maximum Gasteiger partial charge on any atom is 0.310 e. The third-order valence-corrected chi connectivity index (χ3v) is 4.53. The van der Waals surface area contributed by atoms with Gasteiger partial charge in [-0.3, -0.25) is 9.59 Å². The van der Waals surface area contributed by atoms with Gasteiger partial charge in [0.1, 0.15) is 0 Å². The molecule has 4 aliphatic rings. The zero-order valence-corrected chi connectivity index (χ0v) is 9.77. The van der Waals surface area contributed by atoms with Crippen LogP contribution in [0.4, 0.5) is 0 Å². The molecule has 0 aromatic rings. The first-order valence-electron chi connectivity index (χ1n) is 5.91. The molecule has 3 aliphatic carbocycles. The van der Waals surface area contributed by atoms with E-state index in [1.54, 1.807) is 0 Å². The predicted octanol–water partition coefficient (Wildman–Crippen LogP) is 1.58. The Balaban J connectivity index is 2.18. The number of carbonyl (C=O) groups is 2.